The first-order chi connectivity index (χ1) is 5.55. The van der Waals surface area contributed by atoms with E-state index in [0.717, 1.165) is 6.26 Å². The molecule has 0 bridgehead atoms. The van der Waals surface area contributed by atoms with Gasteiger partial charge in [-0.2, -0.15) is 0 Å². The van der Waals surface area contributed by atoms with Crippen LogP contribution in [0.25, 0.3) is 0 Å². The number of nitrogens with zero attached hydrogens (tertiary/aromatic N) is 1. The first-order valence-electron chi connectivity index (χ1n) is 3.38. The highest BCUT2D eigenvalue weighted by atomic mass is 32.2. The van der Waals surface area contributed by atoms with Gasteiger partial charge in [0.15, 0.2) is 9.84 Å². The number of aromatic nitrogens is 1. The second kappa shape index (κ2) is 3.20. The molecule has 0 atom stereocenters. The summed E-state index contributed by atoms with van der Waals surface area (Å²) in [5, 5.41) is 0. The maximum absolute atomic E-state index is 11.1. The Morgan fingerprint density at radius 3 is 2.67 bits per heavy atom. The average Bonchev–Trinajstić information content (AvgIpc) is 2.03. The molecule has 1 aromatic heterocycles. The molecule has 0 aromatic carbocycles. The minimum absolute atomic E-state index is 0.213. The van der Waals surface area contributed by atoms with Crippen LogP contribution in [0.3, 0.4) is 0 Å². The number of pyridine rings is 1. The van der Waals surface area contributed by atoms with E-state index in [4.69, 9.17) is 5.73 Å². The molecule has 0 saturated heterocycles. The lowest BCUT2D eigenvalue weighted by Crippen LogP contribution is -2.06. The van der Waals surface area contributed by atoms with Gasteiger partial charge in [0.1, 0.15) is 0 Å². The molecule has 1 rings (SSSR count). The Balaban J connectivity index is 3.33. The molecule has 0 saturated carbocycles. The fourth-order valence-corrected chi connectivity index (χ4v) is 1.79. The maximum atomic E-state index is 11.1. The Hall–Kier alpha value is -0.940. The highest BCUT2D eigenvalue weighted by molar-refractivity contribution is 7.90. The quantitative estimate of drug-likeness (QED) is 0.702. The number of hydrogen-bond acceptors (Lipinski definition) is 4. The molecular formula is C7H10N2O2S. The molecule has 0 fully saturated rings. The van der Waals surface area contributed by atoms with Gasteiger partial charge in [-0.25, -0.2) is 8.42 Å². The summed E-state index contributed by atoms with van der Waals surface area (Å²) in [5.74, 6) is 0. The third kappa shape index (κ3) is 1.80. The third-order valence-electron chi connectivity index (χ3n) is 1.49. The van der Waals surface area contributed by atoms with Crippen molar-refractivity contribution in [3.63, 3.8) is 0 Å². The molecule has 12 heavy (non-hydrogen) atoms. The summed E-state index contributed by atoms with van der Waals surface area (Å²) in [5.41, 5.74) is 5.96. The van der Waals surface area contributed by atoms with E-state index in [-0.39, 0.29) is 11.4 Å². The van der Waals surface area contributed by atoms with E-state index < -0.39 is 9.84 Å². The molecule has 0 aliphatic rings. The zero-order valence-electron chi connectivity index (χ0n) is 6.69. The van der Waals surface area contributed by atoms with Gasteiger partial charge in [0.2, 0.25) is 0 Å². The van der Waals surface area contributed by atoms with Crippen molar-refractivity contribution < 1.29 is 8.42 Å². The lowest BCUT2D eigenvalue weighted by molar-refractivity contribution is 0.600. The molecule has 5 heteroatoms. The van der Waals surface area contributed by atoms with Crippen molar-refractivity contribution in [3.05, 3.63) is 24.0 Å². The van der Waals surface area contributed by atoms with Gasteiger partial charge in [-0.1, -0.05) is 0 Å². The van der Waals surface area contributed by atoms with Crippen LogP contribution in [0.5, 0.6) is 0 Å². The zero-order chi connectivity index (χ0) is 9.19. The Morgan fingerprint density at radius 2 is 2.25 bits per heavy atom. The van der Waals surface area contributed by atoms with E-state index in [2.05, 4.69) is 4.98 Å². The maximum Gasteiger partial charge on any atom is 0.177 e. The molecule has 4 nitrogen and oxygen atoms in total. The standard InChI is InChI=1S/C7H10N2O2S/c1-12(10,11)7-5-9-3-2-6(7)4-8/h2-3,5H,4,8H2,1H3. The Kier molecular flexibility index (Phi) is 2.44. The highest BCUT2D eigenvalue weighted by Crippen LogP contribution is 2.12. The minimum Gasteiger partial charge on any atom is -0.326 e. The SMILES string of the molecule is CS(=O)(=O)c1cnccc1CN. The molecule has 0 aliphatic heterocycles. The second-order valence-corrected chi connectivity index (χ2v) is 4.44. The summed E-state index contributed by atoms with van der Waals surface area (Å²) in [6.45, 7) is 0.213. The predicted molar refractivity (Wildman–Crippen MR) is 45.2 cm³/mol. The molecular weight excluding hydrogens is 176 g/mol. The van der Waals surface area contributed by atoms with Crippen molar-refractivity contribution in [2.24, 2.45) is 5.73 Å². The summed E-state index contributed by atoms with van der Waals surface area (Å²) in [7, 11) is -3.19. The molecule has 1 heterocycles. The largest absolute Gasteiger partial charge is 0.326 e. The van der Waals surface area contributed by atoms with Crippen LogP contribution in [0.4, 0.5) is 0 Å². The van der Waals surface area contributed by atoms with Gasteiger partial charge in [0.05, 0.1) is 4.90 Å². The lowest BCUT2D eigenvalue weighted by atomic mass is 10.3. The van der Waals surface area contributed by atoms with Crippen LogP contribution in [0.15, 0.2) is 23.4 Å². The molecule has 0 amide bonds. The fraction of sp³-hybridized carbons (Fsp3) is 0.286. The van der Waals surface area contributed by atoms with Gasteiger partial charge in [-0.3, -0.25) is 4.98 Å². The monoisotopic (exact) mass is 186 g/mol. The summed E-state index contributed by atoms with van der Waals surface area (Å²) in [6, 6.07) is 1.61. The molecule has 0 spiro atoms. The van der Waals surface area contributed by atoms with Crippen molar-refractivity contribution >= 4 is 9.84 Å². The van der Waals surface area contributed by atoms with E-state index in [9.17, 15) is 8.42 Å². The molecule has 0 aliphatic carbocycles. The predicted octanol–water partition coefficient (Wildman–Crippen LogP) is -0.0562. The highest BCUT2D eigenvalue weighted by Gasteiger charge is 2.11. The number of rotatable bonds is 2. The van der Waals surface area contributed by atoms with E-state index in [1.165, 1.54) is 12.4 Å². The van der Waals surface area contributed by atoms with E-state index in [0.29, 0.717) is 5.56 Å². The summed E-state index contributed by atoms with van der Waals surface area (Å²) >= 11 is 0. The Bertz CT molecular complexity index is 373. The van der Waals surface area contributed by atoms with Crippen LogP contribution in [0.2, 0.25) is 0 Å². The van der Waals surface area contributed by atoms with Gasteiger partial charge in [-0.15, -0.1) is 0 Å². The van der Waals surface area contributed by atoms with Gasteiger partial charge < -0.3 is 5.73 Å². The number of sulfone groups is 1. The minimum atomic E-state index is -3.19. The Morgan fingerprint density at radius 1 is 1.58 bits per heavy atom. The molecule has 66 valence electrons. The first-order valence-corrected chi connectivity index (χ1v) is 5.28. The van der Waals surface area contributed by atoms with Crippen molar-refractivity contribution in [1.29, 1.82) is 0 Å². The van der Waals surface area contributed by atoms with Crippen molar-refractivity contribution in [1.82, 2.24) is 4.98 Å². The number of hydrogen-bond donors (Lipinski definition) is 1. The molecule has 0 unspecified atom stereocenters. The zero-order valence-corrected chi connectivity index (χ0v) is 7.50. The van der Waals surface area contributed by atoms with Crippen molar-refractivity contribution in [2.75, 3.05) is 6.26 Å². The van der Waals surface area contributed by atoms with Crippen LogP contribution < -0.4 is 5.73 Å². The summed E-state index contributed by atoms with van der Waals surface area (Å²) < 4.78 is 22.2. The summed E-state index contributed by atoms with van der Waals surface area (Å²) in [6.07, 6.45) is 3.98. The molecule has 1 aromatic rings. The first kappa shape index (κ1) is 9.15. The van der Waals surface area contributed by atoms with Crippen LogP contribution in [-0.4, -0.2) is 19.7 Å². The number of nitrogens with two attached hydrogens (primary N) is 1. The van der Waals surface area contributed by atoms with Crippen LogP contribution >= 0.6 is 0 Å². The van der Waals surface area contributed by atoms with E-state index in [1.54, 1.807) is 6.07 Å². The third-order valence-corrected chi connectivity index (χ3v) is 2.66. The van der Waals surface area contributed by atoms with Gasteiger partial charge >= 0.3 is 0 Å². The Labute approximate surface area is 71.3 Å². The van der Waals surface area contributed by atoms with Crippen molar-refractivity contribution in [2.45, 2.75) is 11.4 Å². The van der Waals surface area contributed by atoms with E-state index >= 15 is 0 Å². The van der Waals surface area contributed by atoms with Crippen LogP contribution in [0.1, 0.15) is 5.56 Å². The fourth-order valence-electron chi connectivity index (χ4n) is 0.911. The molecule has 0 radical (unpaired) electrons. The second-order valence-electron chi connectivity index (χ2n) is 2.46. The lowest BCUT2D eigenvalue weighted by Gasteiger charge is -2.02. The van der Waals surface area contributed by atoms with Gasteiger partial charge in [0, 0.05) is 25.2 Å². The topological polar surface area (TPSA) is 73.0 Å². The van der Waals surface area contributed by atoms with Gasteiger partial charge in [0.25, 0.3) is 0 Å². The molecule has 2 N–H and O–H groups in total. The normalized spacial score (nSPS) is 11.5. The van der Waals surface area contributed by atoms with Gasteiger partial charge in [-0.05, 0) is 11.6 Å². The average molecular weight is 186 g/mol. The summed E-state index contributed by atoms with van der Waals surface area (Å²) in [4.78, 5) is 3.94. The van der Waals surface area contributed by atoms with Crippen LogP contribution in [0, 0.1) is 0 Å². The van der Waals surface area contributed by atoms with E-state index in [1.807, 2.05) is 0 Å². The van der Waals surface area contributed by atoms with Crippen LogP contribution in [-0.2, 0) is 16.4 Å². The smallest absolute Gasteiger partial charge is 0.177 e. The van der Waals surface area contributed by atoms with Crippen molar-refractivity contribution in [3.8, 4) is 0 Å².